The van der Waals surface area contributed by atoms with Gasteiger partial charge in [-0.2, -0.15) is 0 Å². The standard InChI is InChI=1S/C12H17N5OS.CH2O2/c1-16(2)8-5-11-14-15-12(19-11)13-10(18)9-17-6-3-4-7-17;2-1-3/h3-4,6-7H,5,8-9H2,1-2H3,(H,13,15,18);1H,(H,2,3). The fourth-order valence-corrected chi connectivity index (χ4v) is 2.27. The number of hydrogen-bond donors (Lipinski definition) is 2. The van der Waals surface area contributed by atoms with Crippen LogP contribution in [0.2, 0.25) is 0 Å². The van der Waals surface area contributed by atoms with Gasteiger partial charge >= 0.3 is 0 Å². The maximum absolute atomic E-state index is 11.8. The predicted octanol–water partition coefficient (Wildman–Crippen LogP) is 0.783. The van der Waals surface area contributed by atoms with Gasteiger partial charge in [-0.3, -0.25) is 14.9 Å². The van der Waals surface area contributed by atoms with E-state index in [1.54, 1.807) is 0 Å². The maximum Gasteiger partial charge on any atom is 0.290 e. The minimum atomic E-state index is -0.250. The fraction of sp³-hybridized carbons (Fsp3) is 0.385. The van der Waals surface area contributed by atoms with Crippen LogP contribution in [-0.4, -0.2) is 57.8 Å². The van der Waals surface area contributed by atoms with Gasteiger partial charge in [-0.05, 0) is 26.2 Å². The fourth-order valence-electron chi connectivity index (χ4n) is 1.52. The molecule has 0 aliphatic heterocycles. The van der Waals surface area contributed by atoms with Crippen LogP contribution in [0.5, 0.6) is 0 Å². The molecule has 120 valence electrons. The van der Waals surface area contributed by atoms with Crippen LogP contribution in [0.15, 0.2) is 24.5 Å². The second kappa shape index (κ2) is 9.64. The molecule has 0 fully saturated rings. The summed E-state index contributed by atoms with van der Waals surface area (Å²) >= 11 is 1.43. The number of rotatable bonds is 6. The maximum atomic E-state index is 11.8. The number of aromatic nitrogens is 3. The number of hydrogen-bond acceptors (Lipinski definition) is 6. The van der Waals surface area contributed by atoms with Crippen LogP contribution < -0.4 is 5.32 Å². The molecule has 0 saturated heterocycles. The molecule has 8 nitrogen and oxygen atoms in total. The molecule has 0 radical (unpaired) electrons. The summed E-state index contributed by atoms with van der Waals surface area (Å²) in [7, 11) is 4.03. The lowest BCUT2D eigenvalue weighted by molar-refractivity contribution is -0.123. The van der Waals surface area contributed by atoms with E-state index in [-0.39, 0.29) is 12.4 Å². The smallest absolute Gasteiger partial charge is 0.290 e. The van der Waals surface area contributed by atoms with Crippen molar-refractivity contribution in [2.45, 2.75) is 13.0 Å². The van der Waals surface area contributed by atoms with Gasteiger partial charge < -0.3 is 14.6 Å². The van der Waals surface area contributed by atoms with Crippen molar-refractivity contribution in [1.82, 2.24) is 19.7 Å². The molecule has 0 aliphatic rings. The molecule has 0 aliphatic carbocycles. The van der Waals surface area contributed by atoms with E-state index in [0.29, 0.717) is 11.7 Å². The molecule has 2 aromatic rings. The zero-order valence-electron chi connectivity index (χ0n) is 12.5. The van der Waals surface area contributed by atoms with Crippen molar-refractivity contribution in [2.75, 3.05) is 26.0 Å². The van der Waals surface area contributed by atoms with E-state index in [9.17, 15) is 4.79 Å². The van der Waals surface area contributed by atoms with E-state index >= 15 is 0 Å². The summed E-state index contributed by atoms with van der Waals surface area (Å²) in [6, 6.07) is 3.77. The SMILES string of the molecule is CN(C)CCc1nnc(NC(=O)Cn2cccc2)s1.O=CO. The van der Waals surface area contributed by atoms with E-state index in [0.717, 1.165) is 18.0 Å². The van der Waals surface area contributed by atoms with Crippen LogP contribution in [0.3, 0.4) is 0 Å². The first-order chi connectivity index (χ1) is 10.5. The monoisotopic (exact) mass is 325 g/mol. The van der Waals surface area contributed by atoms with Crippen LogP contribution in [-0.2, 0) is 22.6 Å². The van der Waals surface area contributed by atoms with Gasteiger partial charge in [0.15, 0.2) is 0 Å². The molecule has 0 unspecified atom stereocenters. The van der Waals surface area contributed by atoms with Gasteiger partial charge in [0.2, 0.25) is 11.0 Å². The van der Waals surface area contributed by atoms with E-state index in [4.69, 9.17) is 9.90 Å². The molecule has 2 rings (SSSR count). The largest absolute Gasteiger partial charge is 0.483 e. The summed E-state index contributed by atoms with van der Waals surface area (Å²) in [6.07, 6.45) is 4.54. The van der Waals surface area contributed by atoms with E-state index in [1.807, 2.05) is 43.2 Å². The first-order valence-corrected chi connectivity index (χ1v) is 7.32. The molecule has 2 aromatic heterocycles. The quantitative estimate of drug-likeness (QED) is 0.761. The average molecular weight is 325 g/mol. The van der Waals surface area contributed by atoms with Crippen LogP contribution in [0.1, 0.15) is 5.01 Å². The second-order valence-corrected chi connectivity index (χ2v) is 5.63. The summed E-state index contributed by atoms with van der Waals surface area (Å²) in [5.41, 5.74) is 0. The third-order valence-electron chi connectivity index (χ3n) is 2.48. The molecule has 1 amide bonds. The number of carbonyl (C=O) groups excluding carboxylic acids is 1. The molecular formula is C13H19N5O3S. The average Bonchev–Trinajstić information content (AvgIpc) is 3.09. The third kappa shape index (κ3) is 6.95. The van der Waals surface area contributed by atoms with Crippen LogP contribution in [0, 0.1) is 0 Å². The first kappa shape index (κ1) is 17.8. The molecule has 0 spiro atoms. The summed E-state index contributed by atoms with van der Waals surface area (Å²) < 4.78 is 1.81. The van der Waals surface area contributed by atoms with Crippen molar-refractivity contribution in [3.63, 3.8) is 0 Å². The highest BCUT2D eigenvalue weighted by Gasteiger charge is 2.08. The molecular weight excluding hydrogens is 306 g/mol. The number of likely N-dealkylation sites (N-methyl/N-ethyl adjacent to an activating group) is 1. The lowest BCUT2D eigenvalue weighted by Gasteiger charge is -2.05. The van der Waals surface area contributed by atoms with Crippen LogP contribution in [0.25, 0.3) is 0 Å². The molecule has 9 heteroatoms. The molecule has 0 saturated carbocycles. The Labute approximate surface area is 132 Å². The highest BCUT2D eigenvalue weighted by molar-refractivity contribution is 7.15. The van der Waals surface area contributed by atoms with Crippen LogP contribution >= 0.6 is 11.3 Å². The number of carboxylic acid groups (broad SMARTS) is 1. The first-order valence-electron chi connectivity index (χ1n) is 6.50. The van der Waals surface area contributed by atoms with Crippen molar-refractivity contribution in [1.29, 1.82) is 0 Å². The topological polar surface area (TPSA) is 100 Å². The highest BCUT2D eigenvalue weighted by atomic mass is 32.1. The van der Waals surface area contributed by atoms with Crippen molar-refractivity contribution in [2.24, 2.45) is 0 Å². The molecule has 2 heterocycles. The van der Waals surface area contributed by atoms with E-state index in [2.05, 4.69) is 20.4 Å². The zero-order chi connectivity index (χ0) is 16.4. The van der Waals surface area contributed by atoms with Crippen molar-refractivity contribution >= 4 is 28.8 Å². The van der Waals surface area contributed by atoms with Crippen molar-refractivity contribution < 1.29 is 14.7 Å². The third-order valence-corrected chi connectivity index (χ3v) is 3.38. The second-order valence-electron chi connectivity index (χ2n) is 4.56. The summed E-state index contributed by atoms with van der Waals surface area (Å²) in [5.74, 6) is -0.0912. The Kier molecular flexibility index (Phi) is 7.79. The Morgan fingerprint density at radius 3 is 2.64 bits per heavy atom. The van der Waals surface area contributed by atoms with Gasteiger partial charge in [-0.15, -0.1) is 10.2 Å². The highest BCUT2D eigenvalue weighted by Crippen LogP contribution is 2.15. The Morgan fingerprint density at radius 1 is 1.41 bits per heavy atom. The Hall–Kier alpha value is -2.26. The normalized spacial score (nSPS) is 9.95. The summed E-state index contributed by atoms with van der Waals surface area (Å²) in [5, 5.41) is 19.2. The minimum absolute atomic E-state index is 0.0912. The Bertz CT molecular complexity index is 568. The molecule has 0 atom stereocenters. The Balaban J connectivity index is 0.000000745. The van der Waals surface area contributed by atoms with Gasteiger partial charge in [0, 0.05) is 25.4 Å². The number of nitrogens with one attached hydrogen (secondary N) is 1. The lowest BCUT2D eigenvalue weighted by Crippen LogP contribution is -2.17. The van der Waals surface area contributed by atoms with Gasteiger partial charge in [-0.1, -0.05) is 11.3 Å². The van der Waals surface area contributed by atoms with Gasteiger partial charge in [0.25, 0.3) is 6.47 Å². The minimum Gasteiger partial charge on any atom is -0.483 e. The summed E-state index contributed by atoms with van der Waals surface area (Å²) in [6.45, 7) is 0.964. The lowest BCUT2D eigenvalue weighted by atomic mass is 10.4. The van der Waals surface area contributed by atoms with E-state index < -0.39 is 0 Å². The van der Waals surface area contributed by atoms with E-state index in [1.165, 1.54) is 11.3 Å². The van der Waals surface area contributed by atoms with Crippen LogP contribution in [0.4, 0.5) is 5.13 Å². The predicted molar refractivity (Wildman–Crippen MR) is 83.9 cm³/mol. The number of anilines is 1. The summed E-state index contributed by atoms with van der Waals surface area (Å²) in [4.78, 5) is 22.2. The zero-order valence-corrected chi connectivity index (χ0v) is 13.3. The molecule has 0 aromatic carbocycles. The van der Waals surface area contributed by atoms with Crippen molar-refractivity contribution in [3.8, 4) is 0 Å². The number of carbonyl (C=O) groups is 2. The van der Waals surface area contributed by atoms with Crippen molar-refractivity contribution in [3.05, 3.63) is 29.5 Å². The van der Waals surface area contributed by atoms with Gasteiger partial charge in [-0.25, -0.2) is 0 Å². The Morgan fingerprint density at radius 2 is 2.05 bits per heavy atom. The molecule has 22 heavy (non-hydrogen) atoms. The van der Waals surface area contributed by atoms with Gasteiger partial charge in [0.05, 0.1) is 0 Å². The molecule has 2 N–H and O–H groups in total. The molecule has 0 bridgehead atoms. The number of nitrogens with zero attached hydrogens (tertiary/aromatic N) is 4. The van der Waals surface area contributed by atoms with Gasteiger partial charge in [0.1, 0.15) is 11.6 Å². The number of amides is 1.